The fraction of sp³-hybridized carbons (Fsp3) is 0.435. The van der Waals surface area contributed by atoms with E-state index < -0.39 is 58.8 Å². The van der Waals surface area contributed by atoms with Crippen LogP contribution in [0.15, 0.2) is 24.3 Å². The van der Waals surface area contributed by atoms with E-state index in [0.29, 0.717) is 5.56 Å². The third kappa shape index (κ3) is 4.95. The zero-order valence-electron chi connectivity index (χ0n) is 18.8. The molecular weight excluding hydrogens is 463 g/mol. The molecule has 0 saturated heterocycles. The lowest BCUT2D eigenvalue weighted by Gasteiger charge is -2.26. The van der Waals surface area contributed by atoms with Gasteiger partial charge in [0.1, 0.15) is 23.5 Å². The number of carbonyl (C=O) groups excluding carboxylic acids is 1. The van der Waals surface area contributed by atoms with E-state index in [2.05, 4.69) is 10.6 Å². The van der Waals surface area contributed by atoms with Crippen molar-refractivity contribution in [1.29, 1.82) is 0 Å². The Labute approximate surface area is 192 Å². The third-order valence-corrected chi connectivity index (χ3v) is 5.70. The second kappa shape index (κ2) is 9.03. The summed E-state index contributed by atoms with van der Waals surface area (Å²) in [5.74, 6) is -1.95. The lowest BCUT2D eigenvalue weighted by Crippen LogP contribution is -2.40. The van der Waals surface area contributed by atoms with Gasteiger partial charge in [-0.15, -0.1) is 0 Å². The number of nitrogens with one attached hydrogen (secondary N) is 2. The predicted octanol–water partition coefficient (Wildman–Crippen LogP) is 4.65. The van der Waals surface area contributed by atoms with Crippen LogP contribution in [0.25, 0.3) is 0 Å². The summed E-state index contributed by atoms with van der Waals surface area (Å²) in [7, 11) is 1.09. The van der Waals surface area contributed by atoms with Crippen molar-refractivity contribution < 1.29 is 41.7 Å². The number of rotatable bonds is 4. The van der Waals surface area contributed by atoms with Gasteiger partial charge in [0.05, 0.1) is 18.8 Å². The number of benzene rings is 2. The van der Waals surface area contributed by atoms with Gasteiger partial charge in [-0.25, -0.2) is 13.6 Å². The number of hydrogen-bond donors (Lipinski definition) is 4. The van der Waals surface area contributed by atoms with Gasteiger partial charge >= 0.3 is 12.2 Å². The summed E-state index contributed by atoms with van der Waals surface area (Å²) in [6.07, 6.45) is -9.57. The molecule has 0 saturated carbocycles. The zero-order chi connectivity index (χ0) is 25.6. The Balaban J connectivity index is 1.92. The Kier molecular flexibility index (Phi) is 6.82. The molecule has 3 unspecified atom stereocenters. The summed E-state index contributed by atoms with van der Waals surface area (Å²) in [6, 6.07) is 2.32. The van der Waals surface area contributed by atoms with Crippen LogP contribution in [0.4, 0.5) is 32.4 Å². The van der Waals surface area contributed by atoms with E-state index in [4.69, 9.17) is 4.74 Å². The Morgan fingerprint density at radius 2 is 1.76 bits per heavy atom. The monoisotopic (exact) mass is 488 g/mol. The van der Waals surface area contributed by atoms with Crippen molar-refractivity contribution in [3.05, 3.63) is 58.2 Å². The van der Waals surface area contributed by atoms with Crippen LogP contribution in [-0.2, 0) is 11.8 Å². The minimum absolute atomic E-state index is 0.0688. The number of fused-ring (bicyclic) bond motifs is 1. The van der Waals surface area contributed by atoms with Crippen molar-refractivity contribution in [2.24, 2.45) is 0 Å². The molecule has 2 aromatic carbocycles. The molecule has 2 aromatic rings. The van der Waals surface area contributed by atoms with Crippen molar-refractivity contribution in [2.75, 3.05) is 12.4 Å². The highest BCUT2D eigenvalue weighted by Crippen LogP contribution is 2.43. The van der Waals surface area contributed by atoms with Crippen LogP contribution >= 0.6 is 0 Å². The van der Waals surface area contributed by atoms with E-state index in [1.165, 1.54) is 6.07 Å². The third-order valence-electron chi connectivity index (χ3n) is 5.70. The largest absolute Gasteiger partial charge is 0.494 e. The maximum Gasteiger partial charge on any atom is 0.418 e. The lowest BCUT2D eigenvalue weighted by atomic mass is 9.84. The number of halogens is 5. The van der Waals surface area contributed by atoms with E-state index in [0.717, 1.165) is 25.3 Å². The fourth-order valence-corrected chi connectivity index (χ4v) is 3.91. The summed E-state index contributed by atoms with van der Waals surface area (Å²) in [5.41, 5.74) is -1.35. The van der Waals surface area contributed by atoms with E-state index in [1.807, 2.05) is 0 Å². The Morgan fingerprint density at radius 1 is 1.15 bits per heavy atom. The highest BCUT2D eigenvalue weighted by atomic mass is 19.4. The number of anilines is 1. The smallest absolute Gasteiger partial charge is 0.418 e. The van der Waals surface area contributed by atoms with Crippen LogP contribution in [0.1, 0.15) is 55.2 Å². The van der Waals surface area contributed by atoms with E-state index in [-0.39, 0.29) is 23.2 Å². The van der Waals surface area contributed by atoms with Crippen LogP contribution in [0.3, 0.4) is 0 Å². The minimum Gasteiger partial charge on any atom is -0.494 e. The highest BCUT2D eigenvalue weighted by Gasteiger charge is 2.42. The predicted molar refractivity (Wildman–Crippen MR) is 114 cm³/mol. The summed E-state index contributed by atoms with van der Waals surface area (Å²) in [4.78, 5) is 12.7. The van der Waals surface area contributed by atoms with Crippen molar-refractivity contribution in [1.82, 2.24) is 5.32 Å². The van der Waals surface area contributed by atoms with Crippen LogP contribution in [0.2, 0.25) is 0 Å². The highest BCUT2D eigenvalue weighted by molar-refractivity contribution is 5.92. The molecule has 186 valence electrons. The molecular formula is C23H25F5N2O4. The van der Waals surface area contributed by atoms with Crippen LogP contribution in [-0.4, -0.2) is 35.6 Å². The van der Waals surface area contributed by atoms with Gasteiger partial charge in [0.2, 0.25) is 0 Å². The summed E-state index contributed by atoms with van der Waals surface area (Å²) in [5, 5.41) is 25.0. The number of amides is 2. The van der Waals surface area contributed by atoms with Crippen molar-refractivity contribution in [2.45, 2.75) is 57.0 Å². The topological polar surface area (TPSA) is 90.8 Å². The summed E-state index contributed by atoms with van der Waals surface area (Å²) < 4.78 is 73.0. The summed E-state index contributed by atoms with van der Waals surface area (Å²) >= 11 is 0. The van der Waals surface area contributed by atoms with Gasteiger partial charge in [-0.3, -0.25) is 0 Å². The number of hydrogen-bond acceptors (Lipinski definition) is 4. The number of aliphatic hydroxyl groups excluding tert-OH is 2. The molecule has 0 heterocycles. The lowest BCUT2D eigenvalue weighted by molar-refractivity contribution is -0.207. The standard InChI is InChI=1S/C23H25F5N2O4/c1-22(2,3)10-7-12(20(32)23(26,27)28)19(34-4)16(8-10)30-21(33)29-15-9-11-13(24)5-6-14(25)17(11)18(15)31/h5-8,15,18,20,31-32H,9H2,1-4H3,(H2,29,30,33). The molecule has 0 bridgehead atoms. The number of alkyl halides is 3. The quantitative estimate of drug-likeness (QED) is 0.472. The van der Waals surface area contributed by atoms with Crippen molar-refractivity contribution >= 4 is 11.7 Å². The van der Waals surface area contributed by atoms with E-state index >= 15 is 0 Å². The molecule has 4 N–H and O–H groups in total. The first kappa shape index (κ1) is 25.7. The SMILES string of the molecule is COc1c(NC(=O)NC2Cc3c(F)ccc(F)c3C2O)cc(C(C)(C)C)cc1C(O)C(F)(F)F. The fourth-order valence-electron chi connectivity index (χ4n) is 3.91. The maximum absolute atomic E-state index is 14.1. The molecule has 3 rings (SSSR count). The van der Waals surface area contributed by atoms with Gasteiger partial charge in [-0.2, -0.15) is 13.2 Å². The average molecular weight is 488 g/mol. The van der Waals surface area contributed by atoms with Crippen LogP contribution in [0.5, 0.6) is 5.75 Å². The first-order chi connectivity index (χ1) is 15.6. The van der Waals surface area contributed by atoms with Gasteiger partial charge in [0.15, 0.2) is 6.10 Å². The molecule has 11 heteroatoms. The van der Waals surface area contributed by atoms with E-state index in [1.54, 1.807) is 20.8 Å². The second-order valence-electron chi connectivity index (χ2n) is 9.12. The summed E-state index contributed by atoms with van der Waals surface area (Å²) in [6.45, 7) is 5.20. The van der Waals surface area contributed by atoms with Gasteiger partial charge in [-0.1, -0.05) is 20.8 Å². The number of urea groups is 1. The molecule has 0 radical (unpaired) electrons. The molecule has 34 heavy (non-hydrogen) atoms. The maximum atomic E-state index is 14.1. The van der Waals surface area contributed by atoms with Gasteiger partial charge < -0.3 is 25.6 Å². The molecule has 0 aliphatic heterocycles. The van der Waals surface area contributed by atoms with E-state index in [9.17, 15) is 37.0 Å². The van der Waals surface area contributed by atoms with Crippen LogP contribution in [0, 0.1) is 11.6 Å². The van der Waals surface area contributed by atoms with Crippen molar-refractivity contribution in [3.8, 4) is 5.75 Å². The number of aliphatic hydroxyl groups is 2. The number of methoxy groups -OCH3 is 1. The molecule has 6 nitrogen and oxygen atoms in total. The van der Waals surface area contributed by atoms with Gasteiger partial charge in [-0.05, 0) is 47.2 Å². The normalized spacial score (nSPS) is 18.9. The number of carbonyl (C=O) groups is 1. The van der Waals surface area contributed by atoms with Gasteiger partial charge in [0, 0.05) is 11.1 Å². The molecule has 1 aliphatic rings. The van der Waals surface area contributed by atoms with Crippen LogP contribution < -0.4 is 15.4 Å². The molecule has 1 aliphatic carbocycles. The first-order valence-corrected chi connectivity index (χ1v) is 10.3. The Morgan fingerprint density at radius 3 is 2.29 bits per heavy atom. The molecule has 0 fully saturated rings. The number of ether oxygens (including phenoxy) is 1. The van der Waals surface area contributed by atoms with Gasteiger partial charge in [0.25, 0.3) is 0 Å². The first-order valence-electron chi connectivity index (χ1n) is 10.3. The Hall–Kier alpha value is -2.92. The molecule has 3 atom stereocenters. The molecule has 0 spiro atoms. The minimum atomic E-state index is -4.99. The second-order valence-corrected chi connectivity index (χ2v) is 9.12. The molecule has 0 aromatic heterocycles. The zero-order valence-corrected chi connectivity index (χ0v) is 18.8. The Bertz CT molecular complexity index is 1100. The molecule has 2 amide bonds. The van der Waals surface area contributed by atoms with Crippen molar-refractivity contribution in [3.63, 3.8) is 0 Å². The average Bonchev–Trinajstić information content (AvgIpc) is 3.05.